The van der Waals surface area contributed by atoms with Crippen LogP contribution in [0.15, 0.2) is 54.7 Å². The van der Waals surface area contributed by atoms with E-state index >= 15 is 0 Å². The number of benzene rings is 2. The predicted molar refractivity (Wildman–Crippen MR) is 97.6 cm³/mol. The van der Waals surface area contributed by atoms with Crippen LogP contribution in [0.25, 0.3) is 0 Å². The van der Waals surface area contributed by atoms with Gasteiger partial charge in [0, 0.05) is 25.2 Å². The Morgan fingerprint density at radius 3 is 2.52 bits per heavy atom. The molecule has 0 radical (unpaired) electrons. The van der Waals surface area contributed by atoms with Gasteiger partial charge in [-0.25, -0.2) is 18.7 Å². The van der Waals surface area contributed by atoms with Gasteiger partial charge in [0.25, 0.3) is 0 Å². The van der Waals surface area contributed by atoms with E-state index in [0.717, 1.165) is 11.6 Å². The van der Waals surface area contributed by atoms with Crippen molar-refractivity contribution < 1.29 is 13.6 Å². The molecule has 2 aromatic carbocycles. The molecule has 1 aromatic heterocycles. The molecular formula is C21H17F2N3O. The lowest BCUT2D eigenvalue weighted by Crippen LogP contribution is -2.21. The summed E-state index contributed by atoms with van der Waals surface area (Å²) in [6, 6.07) is 13.2. The number of anilines is 1. The molecule has 0 aliphatic heterocycles. The Bertz CT molecular complexity index is 972. The molecule has 4 rings (SSSR count). The third kappa shape index (κ3) is 3.84. The van der Waals surface area contributed by atoms with Crippen molar-refractivity contribution in [2.24, 2.45) is 0 Å². The van der Waals surface area contributed by atoms with Crippen LogP contribution in [0.1, 0.15) is 39.5 Å². The van der Waals surface area contributed by atoms with Crippen LogP contribution in [0.2, 0.25) is 0 Å². The Morgan fingerprint density at radius 1 is 1.04 bits per heavy atom. The fraction of sp³-hybridized carbons (Fsp3) is 0.190. The lowest BCUT2D eigenvalue weighted by Gasteiger charge is -2.23. The van der Waals surface area contributed by atoms with E-state index in [1.165, 1.54) is 18.3 Å². The third-order valence-electron chi connectivity index (χ3n) is 4.69. The molecule has 136 valence electrons. The molecular weight excluding hydrogens is 348 g/mol. The number of aromatic nitrogens is 2. The smallest absolute Gasteiger partial charge is 0.223 e. The van der Waals surface area contributed by atoms with Crippen molar-refractivity contribution in [1.82, 2.24) is 9.97 Å². The summed E-state index contributed by atoms with van der Waals surface area (Å²) in [6.45, 7) is 0.562. The molecule has 0 fully saturated rings. The van der Waals surface area contributed by atoms with Crippen LogP contribution in [0.4, 0.5) is 14.7 Å². The van der Waals surface area contributed by atoms with Crippen LogP contribution in [-0.2, 0) is 13.0 Å². The first-order chi connectivity index (χ1) is 13.1. The van der Waals surface area contributed by atoms with Gasteiger partial charge in [-0.05, 0) is 35.6 Å². The Hall–Kier alpha value is -3.15. The first kappa shape index (κ1) is 17.3. The minimum Gasteiger partial charge on any atom is -0.350 e. The second kappa shape index (κ2) is 7.23. The number of Topliss-reactive ketones (excluding diaryl/α,β-unsaturated/α-hetero) is 1. The molecule has 0 spiro atoms. The van der Waals surface area contributed by atoms with Crippen molar-refractivity contribution >= 4 is 11.7 Å². The van der Waals surface area contributed by atoms with Gasteiger partial charge in [0.15, 0.2) is 5.78 Å². The first-order valence-electron chi connectivity index (χ1n) is 8.71. The standard InChI is InChI=1S/C21H17F2N3O/c22-16-6-14(7-17(23)10-16)15-8-19-18(20(27)9-15)12-25-21(26-19)24-11-13-4-2-1-3-5-13/h1-7,10,12,15H,8-9,11H2,(H,24,25,26)/t15-/m0/s1. The number of hydrogen-bond acceptors (Lipinski definition) is 4. The zero-order valence-electron chi connectivity index (χ0n) is 14.5. The van der Waals surface area contributed by atoms with E-state index in [0.29, 0.717) is 35.7 Å². The Kier molecular flexibility index (Phi) is 4.62. The Morgan fingerprint density at radius 2 is 1.78 bits per heavy atom. The van der Waals surface area contributed by atoms with E-state index in [-0.39, 0.29) is 18.1 Å². The van der Waals surface area contributed by atoms with Crippen molar-refractivity contribution in [3.05, 3.63) is 88.7 Å². The van der Waals surface area contributed by atoms with Gasteiger partial charge < -0.3 is 5.32 Å². The van der Waals surface area contributed by atoms with Crippen molar-refractivity contribution in [2.45, 2.75) is 25.3 Å². The topological polar surface area (TPSA) is 54.9 Å². The number of carbonyl (C=O) groups is 1. The van der Waals surface area contributed by atoms with E-state index in [1.54, 1.807) is 0 Å². The number of nitrogens with one attached hydrogen (secondary N) is 1. The highest BCUT2D eigenvalue weighted by Gasteiger charge is 2.28. The maximum Gasteiger partial charge on any atom is 0.223 e. The number of fused-ring (bicyclic) bond motifs is 1. The minimum atomic E-state index is -0.642. The number of hydrogen-bond donors (Lipinski definition) is 1. The number of nitrogens with zero attached hydrogens (tertiary/aromatic N) is 2. The van der Waals surface area contributed by atoms with Gasteiger partial charge in [0.1, 0.15) is 11.6 Å². The molecule has 0 bridgehead atoms. The van der Waals surface area contributed by atoms with Crippen molar-refractivity contribution in [3.8, 4) is 0 Å². The molecule has 1 aliphatic rings. The maximum absolute atomic E-state index is 13.5. The largest absolute Gasteiger partial charge is 0.350 e. The van der Waals surface area contributed by atoms with Gasteiger partial charge in [-0.2, -0.15) is 0 Å². The molecule has 1 N–H and O–H groups in total. The summed E-state index contributed by atoms with van der Waals surface area (Å²) in [5.74, 6) is -1.27. The Labute approximate surface area is 155 Å². The molecule has 1 heterocycles. The molecule has 0 saturated carbocycles. The zero-order valence-corrected chi connectivity index (χ0v) is 14.5. The number of carbonyl (C=O) groups excluding carboxylic acids is 1. The Balaban J connectivity index is 1.56. The second-order valence-electron chi connectivity index (χ2n) is 6.62. The summed E-state index contributed by atoms with van der Waals surface area (Å²) in [5.41, 5.74) is 2.65. The van der Waals surface area contributed by atoms with Crippen molar-refractivity contribution in [3.63, 3.8) is 0 Å². The summed E-state index contributed by atoms with van der Waals surface area (Å²) < 4.78 is 27.1. The van der Waals surface area contributed by atoms with Crippen LogP contribution in [0.5, 0.6) is 0 Å². The SMILES string of the molecule is O=C1C[C@@H](c2cc(F)cc(F)c2)Cc2nc(NCc3ccccc3)ncc21. The molecule has 3 aromatic rings. The maximum atomic E-state index is 13.5. The summed E-state index contributed by atoms with van der Waals surface area (Å²) in [7, 11) is 0. The molecule has 27 heavy (non-hydrogen) atoms. The molecule has 1 aliphatic carbocycles. The highest BCUT2D eigenvalue weighted by Crippen LogP contribution is 2.32. The molecule has 0 unspecified atom stereocenters. The molecule has 4 nitrogen and oxygen atoms in total. The van der Waals surface area contributed by atoms with Crippen LogP contribution in [0, 0.1) is 11.6 Å². The zero-order chi connectivity index (χ0) is 18.8. The van der Waals surface area contributed by atoms with Crippen LogP contribution >= 0.6 is 0 Å². The van der Waals surface area contributed by atoms with Gasteiger partial charge >= 0.3 is 0 Å². The lowest BCUT2D eigenvalue weighted by molar-refractivity contribution is 0.0962. The normalized spacial score (nSPS) is 16.1. The molecule has 0 amide bonds. The summed E-state index contributed by atoms with van der Waals surface area (Å²) in [6.07, 6.45) is 2.16. The summed E-state index contributed by atoms with van der Waals surface area (Å²) >= 11 is 0. The quantitative estimate of drug-likeness (QED) is 0.750. The van der Waals surface area contributed by atoms with Crippen LogP contribution < -0.4 is 5.32 Å². The van der Waals surface area contributed by atoms with Gasteiger partial charge in [-0.1, -0.05) is 30.3 Å². The third-order valence-corrected chi connectivity index (χ3v) is 4.69. The lowest BCUT2D eigenvalue weighted by atomic mass is 9.82. The number of halogens is 2. The van der Waals surface area contributed by atoms with Gasteiger partial charge in [-0.15, -0.1) is 0 Å². The van der Waals surface area contributed by atoms with E-state index in [1.807, 2.05) is 30.3 Å². The monoisotopic (exact) mass is 365 g/mol. The van der Waals surface area contributed by atoms with Crippen molar-refractivity contribution in [1.29, 1.82) is 0 Å². The number of ketones is 1. The molecule has 1 atom stereocenters. The average molecular weight is 365 g/mol. The average Bonchev–Trinajstić information content (AvgIpc) is 2.66. The number of rotatable bonds is 4. The summed E-state index contributed by atoms with van der Waals surface area (Å²) in [5, 5.41) is 3.15. The fourth-order valence-electron chi connectivity index (χ4n) is 3.35. The fourth-order valence-corrected chi connectivity index (χ4v) is 3.35. The van der Waals surface area contributed by atoms with E-state index in [2.05, 4.69) is 15.3 Å². The van der Waals surface area contributed by atoms with E-state index in [4.69, 9.17) is 0 Å². The van der Waals surface area contributed by atoms with Gasteiger partial charge in [0.2, 0.25) is 5.95 Å². The highest BCUT2D eigenvalue weighted by atomic mass is 19.1. The van der Waals surface area contributed by atoms with Gasteiger partial charge in [0.05, 0.1) is 11.3 Å². The van der Waals surface area contributed by atoms with Crippen molar-refractivity contribution in [2.75, 3.05) is 5.32 Å². The molecule has 0 saturated heterocycles. The van der Waals surface area contributed by atoms with Crippen LogP contribution in [-0.4, -0.2) is 15.8 Å². The van der Waals surface area contributed by atoms with E-state index < -0.39 is 11.6 Å². The second-order valence-corrected chi connectivity index (χ2v) is 6.62. The summed E-state index contributed by atoms with van der Waals surface area (Å²) in [4.78, 5) is 21.1. The first-order valence-corrected chi connectivity index (χ1v) is 8.71. The van der Waals surface area contributed by atoms with E-state index in [9.17, 15) is 13.6 Å². The minimum absolute atomic E-state index is 0.111. The molecule has 6 heteroatoms. The predicted octanol–water partition coefficient (Wildman–Crippen LogP) is 4.28. The van der Waals surface area contributed by atoms with Crippen LogP contribution in [0.3, 0.4) is 0 Å². The van der Waals surface area contributed by atoms with Gasteiger partial charge in [-0.3, -0.25) is 4.79 Å². The highest BCUT2D eigenvalue weighted by molar-refractivity contribution is 5.98.